The minimum Gasteiger partial charge on any atom is -0.512 e. The molecule has 0 bridgehead atoms. The molecule has 0 spiro atoms. The van der Waals surface area contributed by atoms with Gasteiger partial charge >= 0.3 is 5.78 Å². The van der Waals surface area contributed by atoms with Gasteiger partial charge in [-0.1, -0.05) is 37.4 Å². The van der Waals surface area contributed by atoms with Crippen molar-refractivity contribution in [3.05, 3.63) is 59.9 Å². The molecule has 1 aromatic heterocycles. The molecule has 0 aliphatic carbocycles. The molecular weight excluding hydrogens is 559 g/mol. The van der Waals surface area contributed by atoms with Crippen molar-refractivity contribution in [1.29, 1.82) is 0 Å². The van der Waals surface area contributed by atoms with E-state index in [0.29, 0.717) is 0 Å². The van der Waals surface area contributed by atoms with Crippen molar-refractivity contribution in [2.75, 3.05) is 6.54 Å². The number of aliphatic imine (C=N–C) groups is 1. The van der Waals surface area contributed by atoms with Crippen LogP contribution in [-0.2, 0) is 20.1 Å². The second-order valence-electron chi connectivity index (χ2n) is 7.87. The molecule has 3 nitrogen and oxygen atoms in total. The topological polar surface area (TPSA) is 54.0 Å². The van der Waals surface area contributed by atoms with Crippen molar-refractivity contribution in [1.82, 2.24) is 0 Å². The number of nitrogens with zero attached hydrogens (tertiary/aromatic N) is 1. The number of aliphatic hydroxyl groups is 1. The summed E-state index contributed by atoms with van der Waals surface area (Å²) < 4.78 is 2.69. The third-order valence-corrected chi connectivity index (χ3v) is 5.99. The van der Waals surface area contributed by atoms with E-state index >= 15 is 0 Å². The van der Waals surface area contributed by atoms with E-state index in [9.17, 15) is 0 Å². The smallest absolute Gasteiger partial charge is 0.316 e. The van der Waals surface area contributed by atoms with Gasteiger partial charge in [0.25, 0.3) is 0 Å². The third-order valence-electron chi connectivity index (χ3n) is 4.85. The predicted octanol–water partition coefficient (Wildman–Crippen LogP) is 6.47. The molecule has 0 saturated carbocycles. The van der Waals surface area contributed by atoms with E-state index in [4.69, 9.17) is 14.9 Å². The number of hydrogen-bond donors (Lipinski definition) is 1. The van der Waals surface area contributed by atoms with Gasteiger partial charge < -0.3 is 10.1 Å². The van der Waals surface area contributed by atoms with Gasteiger partial charge in [-0.25, -0.2) is 0 Å². The van der Waals surface area contributed by atoms with Crippen LogP contribution in [-0.4, -0.2) is 27.9 Å². The standard InChI is InChI=1S/C19H18NS.C5H8O2.Ir/c1-19(2)10-5-11-20-18(19)13-8-9-15-14-6-3-4-7-16(14)21-17(15)12-13;1-4(6)3-5(2)7;/h3-4,6-7,9,12H,5,10-11H2,1-2H3;3,6H,1-2H3;/q-1;;/p+1/b;4-3-;. The van der Waals surface area contributed by atoms with Crippen molar-refractivity contribution in [2.24, 2.45) is 10.4 Å². The molecule has 3 aromatic rings. The van der Waals surface area contributed by atoms with Gasteiger partial charge in [-0.05, 0) is 47.0 Å². The Morgan fingerprint density at radius 1 is 1.21 bits per heavy atom. The number of ketones is 1. The average Bonchev–Trinajstić information content (AvgIpc) is 2.98. The van der Waals surface area contributed by atoms with Crippen LogP contribution in [0.1, 0.15) is 46.1 Å². The van der Waals surface area contributed by atoms with Crippen LogP contribution in [0.3, 0.4) is 0 Å². The molecule has 2 aromatic carbocycles. The first-order chi connectivity index (χ1) is 13.3. The van der Waals surface area contributed by atoms with E-state index in [-0.39, 0.29) is 37.1 Å². The molecule has 2 heterocycles. The number of fused-ring (bicyclic) bond motifs is 3. The van der Waals surface area contributed by atoms with E-state index in [2.05, 4.69) is 56.3 Å². The number of benzene rings is 2. The Hall–Kier alpha value is -1.81. The largest absolute Gasteiger partial charge is 0.512 e. The number of allylic oxidation sites excluding steroid dienone is 2. The van der Waals surface area contributed by atoms with Crippen molar-refractivity contribution in [3.63, 3.8) is 0 Å². The predicted molar refractivity (Wildman–Crippen MR) is 122 cm³/mol. The maximum Gasteiger partial charge on any atom is 0.316 e. The Morgan fingerprint density at radius 2 is 1.93 bits per heavy atom. The van der Waals surface area contributed by atoms with Crippen molar-refractivity contribution >= 4 is 43.0 Å². The molecule has 1 aliphatic heterocycles. The van der Waals surface area contributed by atoms with Gasteiger partial charge in [-0.15, -0.1) is 23.8 Å². The van der Waals surface area contributed by atoms with Crippen LogP contribution in [0.25, 0.3) is 20.2 Å². The van der Waals surface area contributed by atoms with E-state index in [1.807, 2.05) is 11.3 Å². The van der Waals surface area contributed by atoms with Gasteiger partial charge in [0.1, 0.15) is 0 Å². The Balaban J connectivity index is 0.000000327. The monoisotopic (exact) mass is 586 g/mol. The summed E-state index contributed by atoms with van der Waals surface area (Å²) in [6.07, 6.45) is 3.69. The minimum absolute atomic E-state index is 0. The van der Waals surface area contributed by atoms with Crippen LogP contribution < -0.4 is 0 Å². The second kappa shape index (κ2) is 9.79. The number of carbonyl (C=O) groups excluding carboxylic acids is 1. The summed E-state index contributed by atoms with van der Waals surface area (Å²) in [6, 6.07) is 16.5. The number of aliphatic hydroxyl groups excluding tert-OH is 1. The minimum atomic E-state index is 0. The van der Waals surface area contributed by atoms with E-state index < -0.39 is 0 Å². The SMILES string of the molecule is CC(=[OH+])/C=C(/C)O.CC1(C)CCCN=C1c1[c-]cc2c(c1)sc1ccccc12.[Ir]. The van der Waals surface area contributed by atoms with Crippen LogP contribution >= 0.6 is 11.3 Å². The third kappa shape index (κ3) is 5.63. The summed E-state index contributed by atoms with van der Waals surface area (Å²) in [4.78, 5) is 13.2. The Bertz CT molecular complexity index is 1070. The number of rotatable bonds is 2. The summed E-state index contributed by atoms with van der Waals surface area (Å²) in [7, 11) is 0. The van der Waals surface area contributed by atoms with Gasteiger partial charge in [-0.2, -0.15) is 11.3 Å². The maximum atomic E-state index is 8.40. The van der Waals surface area contributed by atoms with Crippen LogP contribution in [0, 0.1) is 11.5 Å². The van der Waals surface area contributed by atoms with Crippen LogP contribution in [0.5, 0.6) is 0 Å². The van der Waals surface area contributed by atoms with E-state index in [0.717, 1.165) is 6.54 Å². The van der Waals surface area contributed by atoms with Gasteiger partial charge in [0.15, 0.2) is 0 Å². The molecule has 0 fully saturated rings. The molecule has 5 heteroatoms. The fourth-order valence-corrected chi connectivity index (χ4v) is 4.72. The Morgan fingerprint density at radius 3 is 2.55 bits per heavy atom. The second-order valence-corrected chi connectivity index (χ2v) is 8.95. The zero-order valence-corrected chi connectivity index (χ0v) is 20.5. The molecule has 0 unspecified atom stereocenters. The summed E-state index contributed by atoms with van der Waals surface area (Å²) in [6.45, 7) is 8.55. The molecule has 2 N–H and O–H groups in total. The average molecular weight is 586 g/mol. The number of hydrogen-bond acceptors (Lipinski definition) is 3. The summed E-state index contributed by atoms with van der Waals surface area (Å²) >= 11 is 1.86. The first kappa shape index (κ1) is 23.5. The van der Waals surface area contributed by atoms with Crippen molar-refractivity contribution in [3.8, 4) is 0 Å². The van der Waals surface area contributed by atoms with Gasteiger partial charge in [0.05, 0.1) is 18.8 Å². The molecular formula is C24H27IrNO2S. The summed E-state index contributed by atoms with van der Waals surface area (Å²) in [5, 5.41) is 11.1. The molecule has 1 radical (unpaired) electrons. The van der Waals surface area contributed by atoms with Crippen molar-refractivity contribution < 1.29 is 30.0 Å². The summed E-state index contributed by atoms with van der Waals surface area (Å²) in [5.74, 6) is 0.250. The first-order valence-corrected chi connectivity index (χ1v) is 10.4. The summed E-state index contributed by atoms with van der Waals surface area (Å²) in [5.41, 5.74) is 2.57. The number of thiophene rings is 1. The van der Waals surface area contributed by atoms with Crippen LogP contribution in [0.15, 0.2) is 53.2 Å². The fraction of sp³-hybridized carbons (Fsp3) is 0.333. The van der Waals surface area contributed by atoms with E-state index in [1.165, 1.54) is 64.2 Å². The zero-order chi connectivity index (χ0) is 20.3. The van der Waals surface area contributed by atoms with E-state index in [1.54, 1.807) is 0 Å². The first-order valence-electron chi connectivity index (χ1n) is 9.56. The normalized spacial score (nSPS) is 15.9. The quantitative estimate of drug-likeness (QED) is 0.159. The van der Waals surface area contributed by atoms with Gasteiger partial charge in [-0.3, -0.25) is 4.79 Å². The van der Waals surface area contributed by atoms with Gasteiger partial charge in [0.2, 0.25) is 0 Å². The molecule has 0 saturated heterocycles. The molecule has 155 valence electrons. The zero-order valence-electron chi connectivity index (χ0n) is 17.2. The molecule has 29 heavy (non-hydrogen) atoms. The Labute approximate surface area is 189 Å². The molecule has 0 atom stereocenters. The molecule has 1 aliphatic rings. The van der Waals surface area contributed by atoms with Crippen molar-refractivity contribution in [2.45, 2.75) is 40.5 Å². The maximum absolute atomic E-state index is 8.40. The Kier molecular flexibility index (Phi) is 7.93. The van der Waals surface area contributed by atoms with Crippen LogP contribution in [0.4, 0.5) is 0 Å². The molecule has 4 rings (SSSR count). The molecule has 0 amide bonds. The fourth-order valence-electron chi connectivity index (χ4n) is 3.60. The van der Waals surface area contributed by atoms with Gasteiger partial charge in [0, 0.05) is 31.4 Å². The van der Waals surface area contributed by atoms with Crippen LogP contribution in [0.2, 0.25) is 0 Å².